The molecule has 3 heteroatoms. The fourth-order valence-electron chi connectivity index (χ4n) is 3.13. The Bertz CT molecular complexity index is 837. The van der Waals surface area contributed by atoms with Crippen LogP contribution >= 0.6 is 0 Å². The maximum Gasteiger partial charge on any atom is 0.119 e. The van der Waals surface area contributed by atoms with Gasteiger partial charge in [-0.05, 0) is 52.9 Å². The Morgan fingerprint density at radius 3 is 1.34 bits per heavy atom. The molecule has 0 aliphatic rings. The minimum absolute atomic E-state index is 0.563. The number of rotatable bonds is 11. The van der Waals surface area contributed by atoms with Crippen molar-refractivity contribution >= 4 is 0 Å². The molecule has 0 unspecified atom stereocenters. The Morgan fingerprint density at radius 2 is 0.931 bits per heavy atom. The molecule has 0 aliphatic heterocycles. The van der Waals surface area contributed by atoms with E-state index in [0.717, 1.165) is 24.5 Å². The summed E-state index contributed by atoms with van der Waals surface area (Å²) in [6, 6.07) is 25.2. The van der Waals surface area contributed by atoms with Crippen LogP contribution in [0.25, 0.3) is 22.3 Å². The Labute approximate surface area is 174 Å². The van der Waals surface area contributed by atoms with Gasteiger partial charge in [0.05, 0.1) is 13.2 Å². The molecule has 3 aromatic carbocycles. The van der Waals surface area contributed by atoms with Crippen LogP contribution in [0.5, 0.6) is 11.5 Å². The summed E-state index contributed by atoms with van der Waals surface area (Å²) in [5, 5.41) is 0. The number of benzene rings is 3. The fourth-order valence-corrected chi connectivity index (χ4v) is 3.13. The zero-order valence-corrected chi connectivity index (χ0v) is 17.4. The molecule has 0 bridgehead atoms. The third kappa shape index (κ3) is 6.37. The summed E-state index contributed by atoms with van der Waals surface area (Å²) < 4.78 is 16.4. The monoisotopic (exact) mass is 390 g/mol. The molecule has 0 amide bonds. The van der Waals surface area contributed by atoms with Crippen LogP contribution in [-0.4, -0.2) is 26.9 Å². The van der Waals surface area contributed by atoms with Gasteiger partial charge in [-0.2, -0.15) is 0 Å². The molecule has 3 aromatic rings. The molecule has 0 saturated carbocycles. The van der Waals surface area contributed by atoms with Gasteiger partial charge in [0.25, 0.3) is 0 Å². The summed E-state index contributed by atoms with van der Waals surface area (Å²) in [6.07, 6.45) is 3.54. The average molecular weight is 391 g/mol. The van der Waals surface area contributed by atoms with Crippen LogP contribution in [-0.2, 0) is 4.74 Å². The Hall–Kier alpha value is -2.78. The molecular formula is C26H30O3. The predicted octanol–water partition coefficient (Wildman–Crippen LogP) is 6.61. The number of methoxy groups -OCH3 is 1. The molecule has 29 heavy (non-hydrogen) atoms. The van der Waals surface area contributed by atoms with E-state index in [9.17, 15) is 0 Å². The minimum atomic E-state index is 0.563. The molecule has 3 rings (SSSR count). The van der Waals surface area contributed by atoms with Crippen molar-refractivity contribution in [2.45, 2.75) is 26.2 Å². The lowest BCUT2D eigenvalue weighted by Gasteiger charge is -2.09. The number of hydrogen-bond donors (Lipinski definition) is 0. The van der Waals surface area contributed by atoms with E-state index < -0.39 is 0 Å². The lowest BCUT2D eigenvalue weighted by Crippen LogP contribution is -2.03. The van der Waals surface area contributed by atoms with Crippen molar-refractivity contribution in [2.75, 3.05) is 26.9 Å². The number of hydrogen-bond acceptors (Lipinski definition) is 3. The molecule has 0 saturated heterocycles. The van der Waals surface area contributed by atoms with Gasteiger partial charge < -0.3 is 14.2 Å². The van der Waals surface area contributed by atoms with Crippen molar-refractivity contribution in [1.82, 2.24) is 0 Å². The van der Waals surface area contributed by atoms with E-state index in [1.807, 2.05) is 12.1 Å². The summed E-state index contributed by atoms with van der Waals surface area (Å²) in [7, 11) is 1.67. The van der Waals surface area contributed by atoms with E-state index in [0.29, 0.717) is 13.2 Å². The van der Waals surface area contributed by atoms with Gasteiger partial charge in [0.1, 0.15) is 18.1 Å². The van der Waals surface area contributed by atoms with Crippen LogP contribution in [0, 0.1) is 0 Å². The van der Waals surface area contributed by atoms with Gasteiger partial charge in [-0.3, -0.25) is 0 Å². The smallest absolute Gasteiger partial charge is 0.119 e. The van der Waals surface area contributed by atoms with Gasteiger partial charge in [0.15, 0.2) is 0 Å². The topological polar surface area (TPSA) is 27.7 Å². The van der Waals surface area contributed by atoms with Gasteiger partial charge in [0.2, 0.25) is 0 Å². The van der Waals surface area contributed by atoms with Crippen molar-refractivity contribution in [3.63, 3.8) is 0 Å². The first kappa shape index (κ1) is 20.9. The highest BCUT2D eigenvalue weighted by molar-refractivity contribution is 5.71. The van der Waals surface area contributed by atoms with E-state index >= 15 is 0 Å². The molecule has 0 heterocycles. The van der Waals surface area contributed by atoms with E-state index in [2.05, 4.69) is 67.6 Å². The second-order valence-electron chi connectivity index (χ2n) is 7.02. The second kappa shape index (κ2) is 11.3. The van der Waals surface area contributed by atoms with E-state index in [-0.39, 0.29) is 0 Å². The quantitative estimate of drug-likeness (QED) is 0.345. The highest BCUT2D eigenvalue weighted by Crippen LogP contribution is 2.27. The fraction of sp³-hybridized carbons (Fsp3) is 0.308. The van der Waals surface area contributed by atoms with Crippen LogP contribution < -0.4 is 9.47 Å². The SMILES string of the molecule is CCCCCOc1ccc(-c2ccc(-c3ccc(OCCOC)cc3)cc2)cc1. The van der Waals surface area contributed by atoms with Gasteiger partial charge in [-0.25, -0.2) is 0 Å². The van der Waals surface area contributed by atoms with Gasteiger partial charge in [0, 0.05) is 7.11 Å². The highest BCUT2D eigenvalue weighted by atomic mass is 16.5. The first-order valence-corrected chi connectivity index (χ1v) is 10.4. The largest absolute Gasteiger partial charge is 0.494 e. The first-order valence-electron chi connectivity index (χ1n) is 10.4. The van der Waals surface area contributed by atoms with Crippen molar-refractivity contribution < 1.29 is 14.2 Å². The van der Waals surface area contributed by atoms with Crippen molar-refractivity contribution in [1.29, 1.82) is 0 Å². The summed E-state index contributed by atoms with van der Waals surface area (Å²) in [5.41, 5.74) is 4.75. The second-order valence-corrected chi connectivity index (χ2v) is 7.02. The molecule has 152 valence electrons. The Morgan fingerprint density at radius 1 is 0.517 bits per heavy atom. The molecule has 0 fully saturated rings. The Balaban J connectivity index is 1.59. The minimum Gasteiger partial charge on any atom is -0.494 e. The maximum absolute atomic E-state index is 5.80. The van der Waals surface area contributed by atoms with Crippen LogP contribution in [0.15, 0.2) is 72.8 Å². The number of unbranched alkanes of at least 4 members (excludes halogenated alkanes) is 2. The predicted molar refractivity (Wildman–Crippen MR) is 120 cm³/mol. The lowest BCUT2D eigenvalue weighted by atomic mass is 10.0. The lowest BCUT2D eigenvalue weighted by molar-refractivity contribution is 0.146. The molecular weight excluding hydrogens is 360 g/mol. The zero-order chi connectivity index (χ0) is 20.3. The van der Waals surface area contributed by atoms with Crippen LogP contribution in [0.4, 0.5) is 0 Å². The van der Waals surface area contributed by atoms with Gasteiger partial charge >= 0.3 is 0 Å². The van der Waals surface area contributed by atoms with E-state index in [1.54, 1.807) is 7.11 Å². The Kier molecular flexibility index (Phi) is 8.14. The van der Waals surface area contributed by atoms with Crippen LogP contribution in [0.1, 0.15) is 26.2 Å². The summed E-state index contributed by atoms with van der Waals surface area (Å²) >= 11 is 0. The maximum atomic E-state index is 5.80. The molecule has 0 aliphatic carbocycles. The van der Waals surface area contributed by atoms with Crippen molar-refractivity contribution in [2.24, 2.45) is 0 Å². The molecule has 0 atom stereocenters. The molecule has 3 nitrogen and oxygen atoms in total. The highest BCUT2D eigenvalue weighted by Gasteiger charge is 2.02. The molecule has 0 N–H and O–H groups in total. The summed E-state index contributed by atoms with van der Waals surface area (Å²) in [6.45, 7) is 4.15. The number of ether oxygens (including phenoxy) is 3. The zero-order valence-electron chi connectivity index (χ0n) is 17.4. The van der Waals surface area contributed by atoms with E-state index in [1.165, 1.54) is 35.1 Å². The van der Waals surface area contributed by atoms with E-state index in [4.69, 9.17) is 14.2 Å². The molecule has 0 spiro atoms. The average Bonchev–Trinajstić information content (AvgIpc) is 2.78. The standard InChI is InChI=1S/C26H30O3/c1-3-4-5-18-28-25-14-10-23(11-15-25)21-6-8-22(9-7-21)24-12-16-26(17-13-24)29-20-19-27-2/h6-17H,3-5,18-20H2,1-2H3. The first-order chi connectivity index (χ1) is 14.3. The van der Waals surface area contributed by atoms with Crippen molar-refractivity contribution in [3.8, 4) is 33.8 Å². The third-order valence-electron chi connectivity index (χ3n) is 4.83. The normalized spacial score (nSPS) is 10.7. The summed E-state index contributed by atoms with van der Waals surface area (Å²) in [4.78, 5) is 0. The summed E-state index contributed by atoms with van der Waals surface area (Å²) in [5.74, 6) is 1.80. The molecule has 0 radical (unpaired) electrons. The van der Waals surface area contributed by atoms with Crippen molar-refractivity contribution in [3.05, 3.63) is 72.8 Å². The van der Waals surface area contributed by atoms with Gasteiger partial charge in [-0.15, -0.1) is 0 Å². The third-order valence-corrected chi connectivity index (χ3v) is 4.83. The van der Waals surface area contributed by atoms with Gasteiger partial charge in [-0.1, -0.05) is 68.3 Å². The van der Waals surface area contributed by atoms with Crippen LogP contribution in [0.2, 0.25) is 0 Å². The molecule has 0 aromatic heterocycles. The van der Waals surface area contributed by atoms with Crippen LogP contribution in [0.3, 0.4) is 0 Å².